The minimum Gasteiger partial charge on any atom is -0.384 e. The van der Waals surface area contributed by atoms with Gasteiger partial charge in [0.05, 0.1) is 5.39 Å². The highest BCUT2D eigenvalue weighted by Crippen LogP contribution is 2.23. The molecular weight excluding hydrogens is 156 g/mol. The Morgan fingerprint density at radius 2 is 2.17 bits per heavy atom. The van der Waals surface area contributed by atoms with Crippen LogP contribution in [0.15, 0.2) is 10.6 Å². The fraction of sp³-hybridized carbons (Fsp3) is 0.143. The zero-order chi connectivity index (χ0) is 8.72. The van der Waals surface area contributed by atoms with Gasteiger partial charge < -0.3 is 16.0 Å². The lowest BCUT2D eigenvalue weighted by molar-refractivity contribution is 0.453. The Kier molecular flexibility index (Phi) is 1.21. The van der Waals surface area contributed by atoms with E-state index in [2.05, 4.69) is 10.1 Å². The van der Waals surface area contributed by atoms with Crippen molar-refractivity contribution in [3.8, 4) is 0 Å². The Labute approximate surface area is 68.3 Å². The third-order valence-electron chi connectivity index (χ3n) is 1.69. The SMILES string of the molecule is Cc1cc(N)nc2onc(N)c12. The molecule has 2 rings (SSSR count). The molecule has 0 aliphatic rings. The van der Waals surface area contributed by atoms with E-state index in [1.54, 1.807) is 6.07 Å². The van der Waals surface area contributed by atoms with E-state index in [0.29, 0.717) is 17.3 Å². The van der Waals surface area contributed by atoms with Crippen LogP contribution >= 0.6 is 0 Å². The summed E-state index contributed by atoms with van der Waals surface area (Å²) in [4.78, 5) is 3.93. The molecule has 62 valence electrons. The molecular formula is C7H8N4O. The van der Waals surface area contributed by atoms with Gasteiger partial charge in [-0.1, -0.05) is 5.16 Å². The van der Waals surface area contributed by atoms with Crippen molar-refractivity contribution in [2.75, 3.05) is 11.5 Å². The fourth-order valence-corrected chi connectivity index (χ4v) is 1.18. The molecule has 2 heterocycles. The molecule has 2 aromatic heterocycles. The van der Waals surface area contributed by atoms with Crippen molar-refractivity contribution < 1.29 is 4.52 Å². The van der Waals surface area contributed by atoms with Crippen LogP contribution in [-0.4, -0.2) is 10.1 Å². The van der Waals surface area contributed by atoms with Crippen molar-refractivity contribution in [3.05, 3.63) is 11.6 Å². The number of hydrogen-bond donors (Lipinski definition) is 2. The van der Waals surface area contributed by atoms with Gasteiger partial charge in [-0.05, 0) is 18.6 Å². The van der Waals surface area contributed by atoms with Gasteiger partial charge in [-0.2, -0.15) is 4.98 Å². The highest BCUT2D eigenvalue weighted by atomic mass is 16.5. The number of aryl methyl sites for hydroxylation is 1. The van der Waals surface area contributed by atoms with Gasteiger partial charge in [0.2, 0.25) is 0 Å². The van der Waals surface area contributed by atoms with Crippen LogP contribution in [0.1, 0.15) is 5.56 Å². The Bertz CT molecular complexity index is 434. The predicted octanol–water partition coefficient (Wildman–Crippen LogP) is 0.696. The molecule has 0 aliphatic carbocycles. The minimum absolute atomic E-state index is 0.356. The van der Waals surface area contributed by atoms with Crippen LogP contribution in [0.3, 0.4) is 0 Å². The minimum atomic E-state index is 0.356. The number of anilines is 2. The van der Waals surface area contributed by atoms with Crippen LogP contribution in [0, 0.1) is 6.92 Å². The highest BCUT2D eigenvalue weighted by Gasteiger charge is 2.09. The molecule has 2 aromatic rings. The molecule has 4 N–H and O–H groups in total. The van der Waals surface area contributed by atoms with Gasteiger partial charge in [-0.25, -0.2) is 0 Å². The maximum atomic E-state index is 5.54. The van der Waals surface area contributed by atoms with Gasteiger partial charge in [0.1, 0.15) is 5.82 Å². The van der Waals surface area contributed by atoms with E-state index in [0.717, 1.165) is 10.9 Å². The Balaban J connectivity index is 2.93. The molecule has 0 spiro atoms. The number of nitrogens with zero attached hydrogens (tertiary/aromatic N) is 2. The largest absolute Gasteiger partial charge is 0.384 e. The smallest absolute Gasteiger partial charge is 0.262 e. The topological polar surface area (TPSA) is 91.0 Å². The maximum absolute atomic E-state index is 5.54. The van der Waals surface area contributed by atoms with Crippen molar-refractivity contribution in [2.24, 2.45) is 0 Å². The summed E-state index contributed by atoms with van der Waals surface area (Å²) in [6.07, 6.45) is 0. The third-order valence-corrected chi connectivity index (χ3v) is 1.69. The Morgan fingerprint density at radius 3 is 2.92 bits per heavy atom. The maximum Gasteiger partial charge on any atom is 0.262 e. The summed E-state index contributed by atoms with van der Waals surface area (Å²) < 4.78 is 4.84. The lowest BCUT2D eigenvalue weighted by Crippen LogP contribution is -1.92. The number of nitrogens with two attached hydrogens (primary N) is 2. The van der Waals surface area contributed by atoms with E-state index in [9.17, 15) is 0 Å². The zero-order valence-electron chi connectivity index (χ0n) is 6.53. The number of hydrogen-bond acceptors (Lipinski definition) is 5. The lowest BCUT2D eigenvalue weighted by atomic mass is 10.2. The first-order chi connectivity index (χ1) is 5.68. The molecule has 0 radical (unpaired) electrons. The summed E-state index contributed by atoms with van der Waals surface area (Å²) in [5.41, 5.74) is 12.4. The van der Waals surface area contributed by atoms with E-state index >= 15 is 0 Å². The average molecular weight is 164 g/mol. The van der Waals surface area contributed by atoms with Gasteiger partial charge in [0.25, 0.3) is 5.71 Å². The quantitative estimate of drug-likeness (QED) is 0.597. The van der Waals surface area contributed by atoms with Crippen LogP contribution in [-0.2, 0) is 0 Å². The van der Waals surface area contributed by atoms with Crippen LogP contribution in [0.25, 0.3) is 11.1 Å². The molecule has 0 saturated heterocycles. The summed E-state index contributed by atoms with van der Waals surface area (Å²) in [6, 6.07) is 1.73. The van der Waals surface area contributed by atoms with E-state index in [1.165, 1.54) is 0 Å². The first-order valence-corrected chi connectivity index (χ1v) is 3.46. The average Bonchev–Trinajstić information content (AvgIpc) is 2.31. The van der Waals surface area contributed by atoms with Gasteiger partial charge >= 0.3 is 0 Å². The van der Waals surface area contributed by atoms with Crippen molar-refractivity contribution >= 4 is 22.7 Å². The molecule has 0 aliphatic heterocycles. The molecule has 0 amide bonds. The number of aromatic nitrogens is 2. The van der Waals surface area contributed by atoms with Crippen molar-refractivity contribution in [1.82, 2.24) is 10.1 Å². The van der Waals surface area contributed by atoms with Crippen LogP contribution < -0.4 is 11.5 Å². The van der Waals surface area contributed by atoms with E-state index in [-0.39, 0.29) is 0 Å². The predicted molar refractivity (Wildman–Crippen MR) is 45.4 cm³/mol. The number of fused-ring (bicyclic) bond motifs is 1. The molecule has 0 bridgehead atoms. The van der Waals surface area contributed by atoms with E-state index in [1.807, 2.05) is 6.92 Å². The molecule has 0 unspecified atom stereocenters. The molecule has 0 fully saturated rings. The second-order valence-electron chi connectivity index (χ2n) is 2.61. The van der Waals surface area contributed by atoms with Gasteiger partial charge in [0, 0.05) is 0 Å². The van der Waals surface area contributed by atoms with Gasteiger partial charge in [0.15, 0.2) is 5.82 Å². The molecule has 5 heteroatoms. The van der Waals surface area contributed by atoms with E-state index < -0.39 is 0 Å². The summed E-state index contributed by atoms with van der Waals surface area (Å²) in [6.45, 7) is 1.88. The number of rotatable bonds is 0. The number of pyridine rings is 1. The Hall–Kier alpha value is -1.78. The summed E-state index contributed by atoms with van der Waals surface area (Å²) in [5.74, 6) is 0.770. The second-order valence-corrected chi connectivity index (χ2v) is 2.61. The summed E-state index contributed by atoms with van der Waals surface area (Å²) in [5, 5.41) is 4.32. The molecule has 0 saturated carbocycles. The monoisotopic (exact) mass is 164 g/mol. The zero-order valence-corrected chi connectivity index (χ0v) is 6.53. The van der Waals surface area contributed by atoms with Crippen LogP contribution in [0.5, 0.6) is 0 Å². The Morgan fingerprint density at radius 1 is 1.42 bits per heavy atom. The summed E-state index contributed by atoms with van der Waals surface area (Å²) in [7, 11) is 0. The molecule has 0 aromatic carbocycles. The normalized spacial score (nSPS) is 10.8. The summed E-state index contributed by atoms with van der Waals surface area (Å²) >= 11 is 0. The van der Waals surface area contributed by atoms with Crippen molar-refractivity contribution in [3.63, 3.8) is 0 Å². The van der Waals surface area contributed by atoms with E-state index in [4.69, 9.17) is 16.0 Å². The molecule has 0 atom stereocenters. The molecule has 5 nitrogen and oxygen atoms in total. The lowest BCUT2D eigenvalue weighted by Gasteiger charge is -1.95. The van der Waals surface area contributed by atoms with Gasteiger partial charge in [-0.15, -0.1) is 0 Å². The van der Waals surface area contributed by atoms with Crippen molar-refractivity contribution in [1.29, 1.82) is 0 Å². The molecule has 12 heavy (non-hydrogen) atoms. The standard InChI is InChI=1S/C7H8N4O/c1-3-2-4(8)10-7-5(3)6(9)11-12-7/h2H,1H3,(H2,8,10)(H2,9,11). The van der Waals surface area contributed by atoms with Crippen LogP contribution in [0.4, 0.5) is 11.6 Å². The second kappa shape index (κ2) is 2.10. The third kappa shape index (κ3) is 0.795. The fourth-order valence-electron chi connectivity index (χ4n) is 1.18. The van der Waals surface area contributed by atoms with Crippen molar-refractivity contribution in [2.45, 2.75) is 6.92 Å². The number of nitrogen functional groups attached to an aromatic ring is 2. The van der Waals surface area contributed by atoms with Gasteiger partial charge in [-0.3, -0.25) is 0 Å². The first-order valence-electron chi connectivity index (χ1n) is 3.46. The highest BCUT2D eigenvalue weighted by molar-refractivity contribution is 5.88. The van der Waals surface area contributed by atoms with Crippen LogP contribution in [0.2, 0.25) is 0 Å². The first kappa shape index (κ1) is 6.90.